The van der Waals surface area contributed by atoms with E-state index in [0.29, 0.717) is 18.8 Å². The minimum Gasteiger partial charge on any atom is -0.455 e. The lowest BCUT2D eigenvalue weighted by atomic mass is 9.57. The highest BCUT2D eigenvalue weighted by Crippen LogP contribution is 2.60. The maximum absolute atomic E-state index is 13.6. The summed E-state index contributed by atoms with van der Waals surface area (Å²) in [5.74, 6) is -0.605. The van der Waals surface area contributed by atoms with Crippen LogP contribution in [-0.4, -0.2) is 52.0 Å². The minimum absolute atomic E-state index is 0.0706. The zero-order chi connectivity index (χ0) is 22.1. The maximum Gasteiger partial charge on any atom is 0.322 e. The third-order valence-corrected chi connectivity index (χ3v) is 9.08. The molecule has 4 aliphatic rings. The van der Waals surface area contributed by atoms with E-state index in [4.69, 9.17) is 9.47 Å². The minimum atomic E-state index is -1.30. The first-order chi connectivity index (χ1) is 14.0. The van der Waals surface area contributed by atoms with Gasteiger partial charge in [0.05, 0.1) is 18.3 Å². The second-order valence-electron chi connectivity index (χ2n) is 11.2. The average molecular weight is 423 g/mol. The summed E-state index contributed by atoms with van der Waals surface area (Å²) in [6.07, 6.45) is 3.65. The van der Waals surface area contributed by atoms with Crippen LogP contribution in [0.2, 0.25) is 0 Å². The van der Waals surface area contributed by atoms with Crippen LogP contribution in [0, 0.1) is 35.0 Å². The Hall–Kier alpha value is -0.980. The molecule has 0 aromatic carbocycles. The molecule has 3 saturated heterocycles. The number of ether oxygens (including phenoxy) is 2. The fraction of sp³-hybridized carbons (Fsp3) is 0.917. The normalized spacial score (nSPS) is 54.2. The predicted molar refractivity (Wildman–Crippen MR) is 110 cm³/mol. The van der Waals surface area contributed by atoms with Gasteiger partial charge in [0.25, 0.3) is 0 Å². The quantitative estimate of drug-likeness (QED) is 0.499. The van der Waals surface area contributed by atoms with Crippen molar-refractivity contribution >= 4 is 11.8 Å². The molecule has 170 valence electrons. The molecule has 0 aromatic rings. The molecule has 1 aliphatic carbocycles. The van der Waals surface area contributed by atoms with Crippen LogP contribution < -0.4 is 0 Å². The van der Waals surface area contributed by atoms with Crippen molar-refractivity contribution < 1.29 is 29.3 Å². The molecule has 3 heterocycles. The lowest BCUT2D eigenvalue weighted by molar-refractivity contribution is -0.230. The van der Waals surface area contributed by atoms with Crippen LogP contribution in [0.25, 0.3) is 0 Å². The summed E-state index contributed by atoms with van der Waals surface area (Å²) in [4.78, 5) is 26.8. The van der Waals surface area contributed by atoms with Gasteiger partial charge in [0.1, 0.15) is 11.7 Å². The third kappa shape index (κ3) is 2.93. The van der Waals surface area contributed by atoms with E-state index >= 15 is 0 Å². The second-order valence-corrected chi connectivity index (χ2v) is 11.2. The van der Waals surface area contributed by atoms with Gasteiger partial charge in [-0.2, -0.15) is 0 Å². The zero-order valence-electron chi connectivity index (χ0n) is 19.0. The molecule has 6 nitrogen and oxygen atoms in total. The van der Waals surface area contributed by atoms with E-state index in [2.05, 4.69) is 13.8 Å². The summed E-state index contributed by atoms with van der Waals surface area (Å²) >= 11 is 0. The molecule has 6 heteroatoms. The molecule has 4 rings (SSSR count). The van der Waals surface area contributed by atoms with Crippen molar-refractivity contribution in [1.29, 1.82) is 0 Å². The Balaban J connectivity index is 1.83. The second kappa shape index (κ2) is 7.28. The molecule has 0 radical (unpaired) electrons. The number of hydrogen-bond acceptors (Lipinski definition) is 6. The number of Topliss-reactive ketones (excluding diaryl/α,β-unsaturated/α-hetero) is 1. The van der Waals surface area contributed by atoms with Crippen molar-refractivity contribution in [3.63, 3.8) is 0 Å². The molecule has 10 atom stereocenters. The molecule has 30 heavy (non-hydrogen) atoms. The average Bonchev–Trinajstić information content (AvgIpc) is 2.89. The van der Waals surface area contributed by atoms with Gasteiger partial charge < -0.3 is 19.7 Å². The number of hydrogen-bond donors (Lipinski definition) is 2. The van der Waals surface area contributed by atoms with Gasteiger partial charge in [-0.3, -0.25) is 9.59 Å². The number of aliphatic hydroxyl groups excluding tert-OH is 1. The zero-order valence-corrected chi connectivity index (χ0v) is 19.0. The SMILES string of the molecule is C[C@@H]1CCC[C@H]2C[C@@](O)(CO)[C@@H](C)C[C@]23OC(=O)[C@@]2(C)C(=O)[C@@H](C)[C@H](O[C@H]23)[C@H](C)C1. The number of ketones is 1. The number of rotatable bonds is 1. The molecular weight excluding hydrogens is 384 g/mol. The Morgan fingerprint density at radius 2 is 1.80 bits per heavy atom. The van der Waals surface area contributed by atoms with Crippen LogP contribution in [-0.2, 0) is 19.1 Å². The lowest BCUT2D eigenvalue weighted by Gasteiger charge is -2.54. The molecule has 4 fully saturated rings. The Labute approximate surface area is 179 Å². The van der Waals surface area contributed by atoms with Crippen molar-refractivity contribution in [2.75, 3.05) is 6.61 Å². The van der Waals surface area contributed by atoms with Crippen molar-refractivity contribution in [3.05, 3.63) is 0 Å². The van der Waals surface area contributed by atoms with Gasteiger partial charge in [0, 0.05) is 11.8 Å². The molecule has 0 amide bonds. The van der Waals surface area contributed by atoms with Gasteiger partial charge >= 0.3 is 5.97 Å². The highest BCUT2D eigenvalue weighted by Gasteiger charge is 2.74. The maximum atomic E-state index is 13.6. The lowest BCUT2D eigenvalue weighted by Crippen LogP contribution is -2.65. The number of carbonyl (C=O) groups excluding carboxylic acids is 2. The Bertz CT molecular complexity index is 722. The molecule has 3 aliphatic heterocycles. The van der Waals surface area contributed by atoms with Crippen molar-refractivity contribution in [1.82, 2.24) is 0 Å². The molecule has 1 saturated carbocycles. The molecule has 2 bridgehead atoms. The Morgan fingerprint density at radius 1 is 1.10 bits per heavy atom. The van der Waals surface area contributed by atoms with E-state index in [1.165, 1.54) is 0 Å². The van der Waals surface area contributed by atoms with Gasteiger partial charge in [0.2, 0.25) is 0 Å². The highest BCUT2D eigenvalue weighted by atomic mass is 16.6. The largest absolute Gasteiger partial charge is 0.455 e. The fourth-order valence-corrected chi connectivity index (χ4v) is 7.18. The van der Waals surface area contributed by atoms with E-state index < -0.39 is 28.7 Å². The van der Waals surface area contributed by atoms with E-state index in [0.717, 1.165) is 25.7 Å². The fourth-order valence-electron chi connectivity index (χ4n) is 7.18. The van der Waals surface area contributed by atoms with Crippen molar-refractivity contribution in [3.8, 4) is 0 Å². The smallest absolute Gasteiger partial charge is 0.322 e. The number of aliphatic hydroxyl groups is 2. The van der Waals surface area contributed by atoms with E-state index in [-0.39, 0.29) is 42.2 Å². The third-order valence-electron chi connectivity index (χ3n) is 9.08. The van der Waals surface area contributed by atoms with Gasteiger partial charge in [-0.25, -0.2) is 0 Å². The van der Waals surface area contributed by atoms with E-state index in [9.17, 15) is 19.8 Å². The van der Waals surface area contributed by atoms with Crippen molar-refractivity contribution in [2.45, 2.75) is 96.6 Å². The number of fused-ring (bicyclic) bond motifs is 1. The first-order valence-electron chi connectivity index (χ1n) is 11.8. The van der Waals surface area contributed by atoms with Gasteiger partial charge in [-0.05, 0) is 50.4 Å². The summed E-state index contributed by atoms with van der Waals surface area (Å²) in [5.41, 5.74) is -3.43. The Morgan fingerprint density at radius 3 is 2.47 bits per heavy atom. The predicted octanol–water partition coefficient (Wildman–Crippen LogP) is 2.88. The van der Waals surface area contributed by atoms with Crippen LogP contribution in [0.5, 0.6) is 0 Å². The van der Waals surface area contributed by atoms with E-state index in [1.807, 2.05) is 13.8 Å². The Kier molecular flexibility index (Phi) is 5.39. The van der Waals surface area contributed by atoms with Crippen LogP contribution in [0.1, 0.15) is 73.1 Å². The summed E-state index contributed by atoms with van der Waals surface area (Å²) in [5, 5.41) is 21.0. The summed E-state index contributed by atoms with van der Waals surface area (Å²) in [6, 6.07) is 0. The molecule has 1 spiro atoms. The van der Waals surface area contributed by atoms with Gasteiger partial charge in [-0.15, -0.1) is 0 Å². The number of carbonyl (C=O) groups is 2. The molecule has 0 unspecified atom stereocenters. The number of esters is 1. The molecular formula is C24H38O6. The highest BCUT2D eigenvalue weighted by molar-refractivity contribution is 6.07. The van der Waals surface area contributed by atoms with Crippen molar-refractivity contribution in [2.24, 2.45) is 35.0 Å². The topological polar surface area (TPSA) is 93.1 Å². The standard InChI is InChI=1S/C24H38O6/c1-13-7-6-8-17-11-23(28,12-25)15(3)10-24(17)20-22(5,21(27)30-24)19(26)16(4)18(29-20)14(2)9-13/h13-18,20,25,28H,6-12H2,1-5H3/t13-,14-,15+,16+,17+,18-,20-,22+,23-,24+/m1/s1. The van der Waals surface area contributed by atoms with Crippen LogP contribution in [0.15, 0.2) is 0 Å². The van der Waals surface area contributed by atoms with Crippen LogP contribution in [0.4, 0.5) is 0 Å². The van der Waals surface area contributed by atoms with Gasteiger partial charge in [-0.1, -0.05) is 40.5 Å². The van der Waals surface area contributed by atoms with Gasteiger partial charge in [0.15, 0.2) is 11.2 Å². The molecule has 0 aromatic heterocycles. The summed E-state index contributed by atoms with van der Waals surface area (Å²) < 4.78 is 12.9. The summed E-state index contributed by atoms with van der Waals surface area (Å²) in [7, 11) is 0. The first kappa shape index (κ1) is 22.2. The molecule has 2 N–H and O–H groups in total. The van der Waals surface area contributed by atoms with E-state index in [1.54, 1.807) is 6.92 Å². The monoisotopic (exact) mass is 422 g/mol. The van der Waals surface area contributed by atoms with Crippen LogP contribution in [0.3, 0.4) is 0 Å². The van der Waals surface area contributed by atoms with Crippen LogP contribution >= 0.6 is 0 Å². The first-order valence-corrected chi connectivity index (χ1v) is 11.8. The summed E-state index contributed by atoms with van der Waals surface area (Å²) in [6.45, 7) is 9.57.